The molecular formula is C22H22N2O9. The number of likely N-dealkylation sites (N-methyl/N-ethyl adjacent to an activating group) is 1. The number of benzene rings is 1. The Morgan fingerprint density at radius 1 is 1.15 bits per heavy atom. The van der Waals surface area contributed by atoms with Crippen LogP contribution >= 0.6 is 0 Å². The van der Waals surface area contributed by atoms with Crippen molar-refractivity contribution in [3.63, 3.8) is 0 Å². The number of aliphatic hydroxyl groups is 4. The summed E-state index contributed by atoms with van der Waals surface area (Å²) in [5, 5.41) is 64.6. The monoisotopic (exact) mass is 458 g/mol. The first-order valence-corrected chi connectivity index (χ1v) is 9.84. The number of fused-ring (bicyclic) bond motifs is 3. The zero-order chi connectivity index (χ0) is 24.7. The number of carbonyl (C=O) groups is 3. The van der Waals surface area contributed by atoms with Crippen LogP contribution < -0.4 is 5.73 Å². The van der Waals surface area contributed by atoms with Crippen molar-refractivity contribution in [3.05, 3.63) is 46.7 Å². The summed E-state index contributed by atoms with van der Waals surface area (Å²) in [7, 11) is 2.82. The highest BCUT2D eigenvalue weighted by atomic mass is 16.4. The molecule has 174 valence electrons. The van der Waals surface area contributed by atoms with Crippen LogP contribution in [-0.4, -0.2) is 84.9 Å². The molecule has 0 aliphatic heterocycles. The molecule has 0 aromatic heterocycles. The Balaban J connectivity index is 2.08. The summed E-state index contributed by atoms with van der Waals surface area (Å²) in [5.41, 5.74) is 0.451. The third-order valence-corrected chi connectivity index (χ3v) is 6.67. The number of aliphatic hydroxyl groups excluding tert-OH is 3. The minimum absolute atomic E-state index is 0.0148. The summed E-state index contributed by atoms with van der Waals surface area (Å²) in [6.07, 6.45) is -1.78. The lowest BCUT2D eigenvalue weighted by Crippen LogP contribution is -2.70. The van der Waals surface area contributed by atoms with Gasteiger partial charge >= 0.3 is 0 Å². The molecule has 0 saturated heterocycles. The maximum atomic E-state index is 13.6. The molecule has 1 aromatic rings. The van der Waals surface area contributed by atoms with Gasteiger partial charge in [-0.3, -0.25) is 19.3 Å². The van der Waals surface area contributed by atoms with Gasteiger partial charge in [0.25, 0.3) is 5.91 Å². The van der Waals surface area contributed by atoms with Crippen molar-refractivity contribution < 1.29 is 45.0 Å². The van der Waals surface area contributed by atoms with Gasteiger partial charge in [0.15, 0.2) is 11.4 Å². The van der Waals surface area contributed by atoms with E-state index in [0.29, 0.717) is 0 Å². The smallest absolute Gasteiger partial charge is 0.255 e. The van der Waals surface area contributed by atoms with Crippen LogP contribution in [0, 0.1) is 11.8 Å². The number of nitrogens with zero attached hydrogens (tertiary/aromatic N) is 1. The zero-order valence-corrected chi connectivity index (χ0v) is 17.6. The van der Waals surface area contributed by atoms with E-state index >= 15 is 0 Å². The van der Waals surface area contributed by atoms with E-state index in [0.717, 1.165) is 6.07 Å². The lowest BCUT2D eigenvalue weighted by atomic mass is 9.55. The zero-order valence-electron chi connectivity index (χ0n) is 17.6. The highest BCUT2D eigenvalue weighted by molar-refractivity contribution is 6.25. The van der Waals surface area contributed by atoms with E-state index in [9.17, 15) is 45.0 Å². The van der Waals surface area contributed by atoms with Crippen molar-refractivity contribution >= 4 is 28.8 Å². The van der Waals surface area contributed by atoms with E-state index in [-0.39, 0.29) is 22.4 Å². The Hall–Kier alpha value is -3.67. The Labute approximate surface area is 187 Å². The minimum Gasteiger partial charge on any atom is -0.508 e. The molecule has 0 bridgehead atoms. The fraction of sp³-hybridized carbons (Fsp3) is 0.318. The van der Waals surface area contributed by atoms with Crippen molar-refractivity contribution in [2.45, 2.75) is 17.7 Å². The van der Waals surface area contributed by atoms with Gasteiger partial charge < -0.3 is 36.4 Å². The lowest BCUT2D eigenvalue weighted by molar-refractivity contribution is -0.166. The number of Topliss-reactive ketones (excluding diaryl/α,β-unsaturated/α-hetero) is 2. The molecule has 4 rings (SSSR count). The highest BCUT2D eigenvalue weighted by Crippen LogP contribution is 2.55. The molecule has 1 saturated carbocycles. The van der Waals surface area contributed by atoms with Crippen molar-refractivity contribution in [1.82, 2.24) is 4.90 Å². The number of phenols is 2. The second-order valence-corrected chi connectivity index (χ2v) is 8.63. The van der Waals surface area contributed by atoms with Crippen molar-refractivity contribution in [2.24, 2.45) is 17.6 Å². The number of hydrogen-bond acceptors (Lipinski definition) is 10. The standard InChI is InChI=1S/C22H22N2O9/c1-6-8-4-7(25)5-9(26)11(8)16(27)12-10(6)17(28)14-15(24(2)3)18(29)13(21(23)32)20(31)22(14,33)19(12)30/h4-5,10,14-15,17,25-28,31,33H,1H2,2-3H3,(H2,23,32)/t10-,14-,15+,17+,22+/m1/s1. The average molecular weight is 458 g/mol. The third-order valence-electron chi connectivity index (χ3n) is 6.67. The normalized spacial score (nSPS) is 31.5. The van der Waals surface area contributed by atoms with Crippen molar-refractivity contribution in [3.8, 4) is 11.5 Å². The molecule has 3 aliphatic carbocycles. The molecule has 0 spiro atoms. The first-order chi connectivity index (χ1) is 15.3. The molecule has 1 fully saturated rings. The van der Waals surface area contributed by atoms with Gasteiger partial charge in [-0.15, -0.1) is 0 Å². The number of rotatable bonds is 2. The van der Waals surface area contributed by atoms with Crippen LogP contribution in [-0.2, 0) is 14.4 Å². The van der Waals surface area contributed by atoms with E-state index in [1.165, 1.54) is 25.1 Å². The Morgan fingerprint density at radius 3 is 2.30 bits per heavy atom. The number of nitrogens with two attached hydrogens (primary N) is 1. The number of aromatic hydroxyl groups is 2. The first kappa shape index (κ1) is 22.5. The number of hydrogen-bond donors (Lipinski definition) is 7. The summed E-state index contributed by atoms with van der Waals surface area (Å²) < 4.78 is 0. The van der Waals surface area contributed by atoms with Gasteiger partial charge in [-0.2, -0.15) is 0 Å². The second kappa shape index (κ2) is 6.91. The van der Waals surface area contributed by atoms with Gasteiger partial charge in [0.05, 0.1) is 29.2 Å². The van der Waals surface area contributed by atoms with Gasteiger partial charge in [-0.05, 0) is 31.3 Å². The summed E-state index contributed by atoms with van der Waals surface area (Å²) in [6.45, 7) is 3.84. The molecule has 11 heteroatoms. The third kappa shape index (κ3) is 2.64. The second-order valence-electron chi connectivity index (χ2n) is 8.63. The molecule has 0 radical (unpaired) electrons. The van der Waals surface area contributed by atoms with Gasteiger partial charge in [0.2, 0.25) is 5.78 Å². The predicted molar refractivity (Wildman–Crippen MR) is 113 cm³/mol. The van der Waals surface area contributed by atoms with Gasteiger partial charge in [-0.25, -0.2) is 0 Å². The Kier molecular flexibility index (Phi) is 4.72. The highest BCUT2D eigenvalue weighted by Gasteiger charge is 2.68. The molecule has 11 nitrogen and oxygen atoms in total. The first-order valence-electron chi connectivity index (χ1n) is 9.84. The molecule has 5 atom stereocenters. The fourth-order valence-electron chi connectivity index (χ4n) is 5.27. The number of primary amides is 1. The maximum absolute atomic E-state index is 13.6. The van der Waals surface area contributed by atoms with E-state index in [4.69, 9.17) is 5.73 Å². The quantitative estimate of drug-likeness (QED) is 0.273. The van der Waals surface area contributed by atoms with Crippen molar-refractivity contribution in [1.29, 1.82) is 0 Å². The van der Waals surface area contributed by atoms with Crippen LogP contribution in [0.3, 0.4) is 0 Å². The number of phenolic OH excluding ortho intramolecular Hbond substituents is 2. The average Bonchev–Trinajstić information content (AvgIpc) is 2.70. The van der Waals surface area contributed by atoms with Crippen LogP contribution in [0.25, 0.3) is 11.3 Å². The molecular weight excluding hydrogens is 436 g/mol. The van der Waals surface area contributed by atoms with Crippen molar-refractivity contribution in [2.75, 3.05) is 14.1 Å². The minimum atomic E-state index is -2.99. The summed E-state index contributed by atoms with van der Waals surface area (Å²) in [5.74, 6) is -9.84. The van der Waals surface area contributed by atoms with E-state index < -0.39 is 75.5 Å². The molecule has 33 heavy (non-hydrogen) atoms. The van der Waals surface area contributed by atoms with E-state index in [1.54, 1.807) is 0 Å². The van der Waals surface area contributed by atoms with E-state index in [2.05, 4.69) is 6.58 Å². The molecule has 1 amide bonds. The van der Waals surface area contributed by atoms with Gasteiger partial charge in [0.1, 0.15) is 28.6 Å². The van der Waals surface area contributed by atoms with Gasteiger partial charge in [0, 0.05) is 12.0 Å². The van der Waals surface area contributed by atoms with Gasteiger partial charge in [-0.1, -0.05) is 6.58 Å². The number of carbonyl (C=O) groups excluding carboxylic acids is 3. The lowest BCUT2D eigenvalue weighted by Gasteiger charge is -2.52. The predicted octanol–water partition coefficient (Wildman–Crippen LogP) is -0.889. The van der Waals surface area contributed by atoms with E-state index in [1.807, 2.05) is 0 Å². The molecule has 0 heterocycles. The number of ketones is 2. The molecule has 1 aromatic carbocycles. The van der Waals surface area contributed by atoms with Crippen LogP contribution in [0.1, 0.15) is 11.1 Å². The maximum Gasteiger partial charge on any atom is 0.255 e. The molecule has 8 N–H and O–H groups in total. The Morgan fingerprint density at radius 2 is 1.76 bits per heavy atom. The largest absolute Gasteiger partial charge is 0.508 e. The van der Waals surface area contributed by atoms with Crippen LogP contribution in [0.4, 0.5) is 0 Å². The SMILES string of the molecule is C=C1c2cc(O)cc(O)c2C(O)=C2C(=O)[C@]3(O)C(O)=C(C(N)=O)C(=O)[C@@H](N(C)C)[C@@H]3[C@@H](O)[C@H]12. The van der Waals surface area contributed by atoms with Crippen LogP contribution in [0.5, 0.6) is 11.5 Å². The summed E-state index contributed by atoms with van der Waals surface area (Å²) in [4.78, 5) is 39.8. The molecule has 3 aliphatic rings. The summed E-state index contributed by atoms with van der Waals surface area (Å²) in [6, 6.07) is 0.622. The topological polar surface area (TPSA) is 202 Å². The number of amides is 1. The molecule has 0 unspecified atom stereocenters. The fourth-order valence-corrected chi connectivity index (χ4v) is 5.27. The van der Waals surface area contributed by atoms with Crippen LogP contribution in [0.15, 0.2) is 35.6 Å². The summed E-state index contributed by atoms with van der Waals surface area (Å²) >= 11 is 0. The Bertz CT molecular complexity index is 1230. The van der Waals surface area contributed by atoms with Crippen LogP contribution in [0.2, 0.25) is 0 Å².